The third kappa shape index (κ3) is 4.37. The predicted octanol–water partition coefficient (Wildman–Crippen LogP) is 3.50. The number of benzene rings is 2. The number of nitrogens with one attached hydrogen (secondary N) is 3. The van der Waals surface area contributed by atoms with E-state index in [1.165, 1.54) is 0 Å². The molecule has 2 amide bonds. The first-order valence-corrected chi connectivity index (χ1v) is 10.7. The number of aromatic nitrogens is 2. The number of urea groups is 1. The number of fused-ring (bicyclic) bond motifs is 1. The fourth-order valence-corrected chi connectivity index (χ4v) is 3.79. The minimum Gasteiger partial charge on any atom is -0.336 e. The van der Waals surface area contributed by atoms with Crippen LogP contribution in [-0.4, -0.2) is 34.8 Å². The third-order valence-corrected chi connectivity index (χ3v) is 5.51. The first-order valence-electron chi connectivity index (χ1n) is 10.7. The smallest absolute Gasteiger partial charge is 0.315 e. The molecule has 3 heterocycles. The highest BCUT2D eigenvalue weighted by molar-refractivity contribution is 5.97. The molecule has 0 aliphatic carbocycles. The quantitative estimate of drug-likeness (QED) is 0.272. The molecule has 1 saturated heterocycles. The van der Waals surface area contributed by atoms with Crippen LogP contribution in [0.5, 0.6) is 0 Å². The summed E-state index contributed by atoms with van der Waals surface area (Å²) >= 11 is 0. The third-order valence-electron chi connectivity index (χ3n) is 5.51. The zero-order chi connectivity index (χ0) is 22.6. The van der Waals surface area contributed by atoms with Gasteiger partial charge in [0.15, 0.2) is 5.82 Å². The number of pyridine rings is 2. The monoisotopic (exact) mass is 437 g/mol. The fourth-order valence-electron chi connectivity index (χ4n) is 3.79. The van der Waals surface area contributed by atoms with Crippen molar-refractivity contribution in [3.05, 3.63) is 78.5 Å². The highest BCUT2D eigenvalue weighted by Gasteiger charge is 2.18. The largest absolute Gasteiger partial charge is 0.336 e. The average molecular weight is 438 g/mol. The molecule has 164 valence electrons. The van der Waals surface area contributed by atoms with Crippen LogP contribution in [0.1, 0.15) is 5.56 Å². The van der Waals surface area contributed by atoms with Crippen LogP contribution in [0, 0.1) is 0 Å². The SMILES string of the molecule is NCc1ccc(-c2nc3ccnc(N/N=C/C4CNC(=O)N4)c3cc2-c2ccccc2)cc1. The molecule has 5 N–H and O–H groups in total. The Morgan fingerprint density at radius 1 is 1.09 bits per heavy atom. The normalized spacial score (nSPS) is 15.5. The molecule has 5 rings (SSSR count). The molecule has 0 saturated carbocycles. The Morgan fingerprint density at radius 3 is 2.64 bits per heavy atom. The maximum atomic E-state index is 11.3. The fraction of sp³-hybridized carbons (Fsp3) is 0.120. The molecule has 1 unspecified atom stereocenters. The lowest BCUT2D eigenvalue weighted by Gasteiger charge is -2.13. The van der Waals surface area contributed by atoms with Crippen molar-refractivity contribution >= 4 is 29.0 Å². The number of anilines is 1. The molecule has 33 heavy (non-hydrogen) atoms. The van der Waals surface area contributed by atoms with Crippen molar-refractivity contribution in [3.8, 4) is 22.4 Å². The van der Waals surface area contributed by atoms with Gasteiger partial charge >= 0.3 is 6.03 Å². The predicted molar refractivity (Wildman–Crippen MR) is 131 cm³/mol. The van der Waals surface area contributed by atoms with E-state index in [1.807, 2.05) is 36.4 Å². The lowest BCUT2D eigenvalue weighted by Crippen LogP contribution is -2.28. The number of carbonyl (C=O) groups is 1. The van der Waals surface area contributed by atoms with Crippen LogP contribution in [-0.2, 0) is 6.54 Å². The van der Waals surface area contributed by atoms with Crippen molar-refractivity contribution in [2.75, 3.05) is 12.0 Å². The molecular formula is C25H23N7O. The molecule has 1 atom stereocenters. The second-order valence-corrected chi connectivity index (χ2v) is 7.73. The topological polar surface area (TPSA) is 117 Å². The van der Waals surface area contributed by atoms with E-state index in [-0.39, 0.29) is 12.1 Å². The number of hydrogen-bond acceptors (Lipinski definition) is 6. The van der Waals surface area contributed by atoms with Crippen LogP contribution in [0.25, 0.3) is 33.3 Å². The van der Waals surface area contributed by atoms with E-state index in [0.29, 0.717) is 18.9 Å². The summed E-state index contributed by atoms with van der Waals surface area (Å²) in [6.45, 7) is 0.998. The molecule has 1 aliphatic heterocycles. The highest BCUT2D eigenvalue weighted by atomic mass is 16.2. The molecule has 4 aromatic rings. The van der Waals surface area contributed by atoms with Crippen LogP contribution in [0.2, 0.25) is 0 Å². The van der Waals surface area contributed by atoms with E-state index in [1.54, 1.807) is 12.4 Å². The summed E-state index contributed by atoms with van der Waals surface area (Å²) in [5.41, 5.74) is 14.6. The van der Waals surface area contributed by atoms with Crippen LogP contribution in [0.4, 0.5) is 10.6 Å². The maximum Gasteiger partial charge on any atom is 0.315 e. The van der Waals surface area contributed by atoms with Gasteiger partial charge in [0.25, 0.3) is 0 Å². The van der Waals surface area contributed by atoms with Crippen molar-refractivity contribution in [1.29, 1.82) is 0 Å². The minimum atomic E-state index is -0.196. The molecule has 8 nitrogen and oxygen atoms in total. The van der Waals surface area contributed by atoms with E-state index >= 15 is 0 Å². The van der Waals surface area contributed by atoms with Crippen LogP contribution < -0.4 is 21.8 Å². The molecule has 0 bridgehead atoms. The summed E-state index contributed by atoms with van der Waals surface area (Å²) in [6, 6.07) is 21.9. The van der Waals surface area contributed by atoms with Gasteiger partial charge in [0.2, 0.25) is 0 Å². The number of carbonyl (C=O) groups excluding carboxylic acids is 1. The van der Waals surface area contributed by atoms with Gasteiger partial charge in [-0.15, -0.1) is 0 Å². The van der Waals surface area contributed by atoms with Gasteiger partial charge in [0.05, 0.1) is 17.3 Å². The zero-order valence-corrected chi connectivity index (χ0v) is 17.8. The van der Waals surface area contributed by atoms with Crippen molar-refractivity contribution in [2.24, 2.45) is 10.8 Å². The summed E-state index contributed by atoms with van der Waals surface area (Å²) in [5.74, 6) is 0.593. The van der Waals surface area contributed by atoms with Crippen molar-refractivity contribution in [2.45, 2.75) is 12.6 Å². The molecule has 0 radical (unpaired) electrons. The lowest BCUT2D eigenvalue weighted by atomic mass is 9.97. The van der Waals surface area contributed by atoms with Crippen molar-refractivity contribution in [1.82, 2.24) is 20.6 Å². The molecule has 8 heteroatoms. The second-order valence-electron chi connectivity index (χ2n) is 7.73. The van der Waals surface area contributed by atoms with E-state index in [2.05, 4.69) is 56.5 Å². The Hall–Kier alpha value is -4.30. The Bertz CT molecular complexity index is 1320. The van der Waals surface area contributed by atoms with Crippen LogP contribution >= 0.6 is 0 Å². The van der Waals surface area contributed by atoms with Crippen molar-refractivity contribution < 1.29 is 4.79 Å². The van der Waals surface area contributed by atoms with Gasteiger partial charge in [0, 0.05) is 42.0 Å². The van der Waals surface area contributed by atoms with E-state index < -0.39 is 0 Å². The van der Waals surface area contributed by atoms with Gasteiger partial charge in [0.1, 0.15) is 0 Å². The van der Waals surface area contributed by atoms with Crippen LogP contribution in [0.15, 0.2) is 78.0 Å². The summed E-state index contributed by atoms with van der Waals surface area (Å²) in [5, 5.41) is 10.6. The maximum absolute atomic E-state index is 11.3. The van der Waals surface area contributed by atoms with E-state index in [0.717, 1.165) is 38.9 Å². The first kappa shape index (κ1) is 20.6. The van der Waals surface area contributed by atoms with Gasteiger partial charge in [-0.2, -0.15) is 5.10 Å². The standard InChI is InChI=1S/C25H23N7O/c26-13-16-6-8-18(9-7-16)23-20(17-4-2-1-3-5-17)12-21-22(31-23)10-11-27-24(21)32-29-15-19-14-28-25(33)30-19/h1-12,15,19H,13-14,26H2,(H,27,32)(H2,28,30,33)/b29-15+. The van der Waals surface area contributed by atoms with Gasteiger partial charge in [-0.3, -0.25) is 5.43 Å². The first-order chi connectivity index (χ1) is 16.2. The number of nitrogens with two attached hydrogens (primary N) is 1. The molecule has 1 aliphatic rings. The van der Waals surface area contributed by atoms with Gasteiger partial charge < -0.3 is 16.4 Å². The summed E-state index contributed by atoms with van der Waals surface area (Å²) < 4.78 is 0. The Morgan fingerprint density at radius 2 is 1.91 bits per heavy atom. The van der Waals surface area contributed by atoms with E-state index in [4.69, 9.17) is 10.7 Å². The summed E-state index contributed by atoms with van der Waals surface area (Å²) in [7, 11) is 0. The van der Waals surface area contributed by atoms with Gasteiger partial charge in [-0.25, -0.2) is 14.8 Å². The summed E-state index contributed by atoms with van der Waals surface area (Å²) in [4.78, 5) is 20.8. The average Bonchev–Trinajstić information content (AvgIpc) is 3.29. The number of hydrazone groups is 1. The molecule has 0 spiro atoms. The molecule has 2 aromatic carbocycles. The number of hydrogen-bond donors (Lipinski definition) is 4. The number of amides is 2. The molecular weight excluding hydrogens is 414 g/mol. The number of rotatable bonds is 6. The zero-order valence-electron chi connectivity index (χ0n) is 17.8. The van der Waals surface area contributed by atoms with Crippen molar-refractivity contribution in [3.63, 3.8) is 0 Å². The molecule has 1 fully saturated rings. The number of nitrogens with zero attached hydrogens (tertiary/aromatic N) is 3. The Balaban J connectivity index is 1.57. The van der Waals surface area contributed by atoms with Gasteiger partial charge in [-0.05, 0) is 23.3 Å². The van der Waals surface area contributed by atoms with Gasteiger partial charge in [-0.1, -0.05) is 54.6 Å². The Labute approximate surface area is 191 Å². The van der Waals surface area contributed by atoms with E-state index in [9.17, 15) is 4.79 Å². The Kier molecular flexibility index (Phi) is 5.65. The minimum absolute atomic E-state index is 0.166. The second kappa shape index (κ2) is 9.05. The lowest BCUT2D eigenvalue weighted by molar-refractivity contribution is 0.248. The van der Waals surface area contributed by atoms with Crippen LogP contribution in [0.3, 0.4) is 0 Å². The molecule has 2 aromatic heterocycles. The highest BCUT2D eigenvalue weighted by Crippen LogP contribution is 2.35. The summed E-state index contributed by atoms with van der Waals surface area (Å²) in [6.07, 6.45) is 3.35.